The van der Waals surface area contributed by atoms with Crippen molar-refractivity contribution < 1.29 is 38.1 Å². The number of ether oxygens (including phenoxy) is 5. The molecule has 2 heterocycles. The van der Waals surface area contributed by atoms with Gasteiger partial charge in [0.25, 0.3) is 5.91 Å². The van der Waals surface area contributed by atoms with Crippen LogP contribution in [0.1, 0.15) is 35.5 Å². The van der Waals surface area contributed by atoms with E-state index in [0.717, 1.165) is 16.7 Å². The van der Waals surface area contributed by atoms with Crippen LogP contribution in [0.4, 0.5) is 0 Å². The Hall–Kier alpha value is -4.70. The van der Waals surface area contributed by atoms with Crippen LogP contribution in [0.2, 0.25) is 0 Å². The molecule has 10 heteroatoms. The summed E-state index contributed by atoms with van der Waals surface area (Å²) >= 11 is 0. The molecule has 0 saturated carbocycles. The summed E-state index contributed by atoms with van der Waals surface area (Å²) in [6.07, 6.45) is 0.0332. The molecule has 1 N–H and O–H groups in total. The zero-order chi connectivity index (χ0) is 30.8. The number of hydrogen-bond acceptors (Lipinski definition) is 9. The fraction of sp³-hybridized carbons (Fsp3) is 0.333. The van der Waals surface area contributed by atoms with E-state index in [4.69, 9.17) is 23.7 Å². The van der Waals surface area contributed by atoms with Gasteiger partial charge >= 0.3 is 11.9 Å². The Labute approximate surface area is 251 Å². The van der Waals surface area contributed by atoms with Gasteiger partial charge < -0.3 is 29.0 Å². The Balaban J connectivity index is 1.55. The molecule has 2 aromatic carbocycles. The van der Waals surface area contributed by atoms with Crippen molar-refractivity contribution in [1.82, 2.24) is 10.3 Å². The molecule has 0 bridgehead atoms. The average molecular weight is 589 g/mol. The van der Waals surface area contributed by atoms with E-state index < -0.39 is 48.6 Å². The van der Waals surface area contributed by atoms with E-state index >= 15 is 0 Å². The molecule has 0 spiro atoms. The number of pyridine rings is 1. The first-order valence-corrected chi connectivity index (χ1v) is 13.9. The molecule has 0 radical (unpaired) electrons. The topological polar surface area (TPSA) is 122 Å². The molecule has 1 amide bonds. The van der Waals surface area contributed by atoms with E-state index in [2.05, 4.69) is 16.9 Å². The van der Waals surface area contributed by atoms with Gasteiger partial charge in [0.1, 0.15) is 25.4 Å². The first kappa shape index (κ1) is 31.2. The SMILES string of the molecule is C=C(C)CO[C@H]1[C@H](C)OC(=O)[C@@H](NC(=O)c2nccc(OC)c2OCc2ccccc2)COC(=O)[C@@H]1Cc1ccccc1. The van der Waals surface area contributed by atoms with Crippen molar-refractivity contribution in [2.75, 3.05) is 20.3 Å². The lowest BCUT2D eigenvalue weighted by Gasteiger charge is -2.29. The van der Waals surface area contributed by atoms with Gasteiger partial charge in [0.15, 0.2) is 23.2 Å². The highest BCUT2D eigenvalue weighted by Gasteiger charge is 2.40. The molecule has 1 aromatic heterocycles. The highest BCUT2D eigenvalue weighted by molar-refractivity contribution is 5.98. The third-order valence-electron chi connectivity index (χ3n) is 6.80. The molecule has 0 aliphatic carbocycles. The quantitative estimate of drug-likeness (QED) is 0.261. The maximum atomic E-state index is 13.5. The normalized spacial score (nSPS) is 20.4. The number of methoxy groups -OCH3 is 1. The number of nitrogens with one attached hydrogen (secondary N) is 1. The zero-order valence-electron chi connectivity index (χ0n) is 24.5. The van der Waals surface area contributed by atoms with Crippen LogP contribution in [0.25, 0.3) is 0 Å². The molecule has 4 rings (SSSR count). The summed E-state index contributed by atoms with van der Waals surface area (Å²) < 4.78 is 28.7. The van der Waals surface area contributed by atoms with E-state index in [1.807, 2.05) is 60.7 Å². The lowest BCUT2D eigenvalue weighted by atomic mass is 9.91. The first-order chi connectivity index (χ1) is 20.8. The molecule has 10 nitrogen and oxygen atoms in total. The Morgan fingerprint density at radius 1 is 1.02 bits per heavy atom. The van der Waals surface area contributed by atoms with Gasteiger partial charge in [-0.2, -0.15) is 0 Å². The van der Waals surface area contributed by atoms with Crippen LogP contribution >= 0.6 is 0 Å². The second-order valence-electron chi connectivity index (χ2n) is 10.3. The van der Waals surface area contributed by atoms with Gasteiger partial charge in [0.2, 0.25) is 0 Å². The predicted molar refractivity (Wildman–Crippen MR) is 158 cm³/mol. The largest absolute Gasteiger partial charge is 0.493 e. The lowest BCUT2D eigenvalue weighted by Crippen LogP contribution is -2.46. The van der Waals surface area contributed by atoms with Gasteiger partial charge in [-0.3, -0.25) is 9.59 Å². The fourth-order valence-electron chi connectivity index (χ4n) is 4.64. The van der Waals surface area contributed by atoms with Crippen LogP contribution in [-0.4, -0.2) is 61.4 Å². The number of nitrogens with zero attached hydrogens (tertiary/aromatic N) is 1. The molecule has 1 saturated heterocycles. The Kier molecular flexibility index (Phi) is 10.9. The van der Waals surface area contributed by atoms with Crippen LogP contribution < -0.4 is 14.8 Å². The van der Waals surface area contributed by atoms with Gasteiger partial charge in [-0.15, -0.1) is 0 Å². The van der Waals surface area contributed by atoms with Gasteiger partial charge in [-0.25, -0.2) is 9.78 Å². The summed E-state index contributed by atoms with van der Waals surface area (Å²) in [5.74, 6) is -2.49. The average Bonchev–Trinajstić information content (AvgIpc) is 3.04. The number of hydrogen-bond donors (Lipinski definition) is 1. The third-order valence-corrected chi connectivity index (χ3v) is 6.80. The molecule has 1 fully saturated rings. The minimum absolute atomic E-state index is 0.101. The maximum Gasteiger partial charge on any atom is 0.332 e. The molecule has 1 aliphatic rings. The van der Waals surface area contributed by atoms with Crippen LogP contribution in [0.3, 0.4) is 0 Å². The van der Waals surface area contributed by atoms with Crippen LogP contribution in [-0.2, 0) is 36.8 Å². The van der Waals surface area contributed by atoms with Crippen LogP contribution in [0, 0.1) is 5.92 Å². The zero-order valence-corrected chi connectivity index (χ0v) is 24.5. The number of cyclic esters (lactones) is 2. The monoisotopic (exact) mass is 588 g/mol. The fourth-order valence-corrected chi connectivity index (χ4v) is 4.64. The minimum Gasteiger partial charge on any atom is -0.493 e. The molecule has 1 aliphatic heterocycles. The van der Waals surface area contributed by atoms with Crippen LogP contribution in [0.15, 0.2) is 85.1 Å². The third kappa shape index (κ3) is 8.42. The molecule has 4 atom stereocenters. The van der Waals surface area contributed by atoms with E-state index in [0.29, 0.717) is 6.42 Å². The van der Waals surface area contributed by atoms with Gasteiger partial charge in [-0.1, -0.05) is 72.8 Å². The minimum atomic E-state index is -1.31. The number of esters is 2. The molecular formula is C33H36N2O8. The second kappa shape index (κ2) is 15.0. The van der Waals surface area contributed by atoms with E-state index in [-0.39, 0.29) is 30.4 Å². The van der Waals surface area contributed by atoms with Crippen molar-refractivity contribution in [2.45, 2.75) is 45.1 Å². The molecule has 43 heavy (non-hydrogen) atoms. The molecular weight excluding hydrogens is 552 g/mol. The predicted octanol–water partition coefficient (Wildman–Crippen LogP) is 4.08. The van der Waals surface area contributed by atoms with E-state index in [1.54, 1.807) is 19.9 Å². The number of amides is 1. The van der Waals surface area contributed by atoms with E-state index in [9.17, 15) is 14.4 Å². The lowest BCUT2D eigenvalue weighted by molar-refractivity contribution is -0.163. The smallest absolute Gasteiger partial charge is 0.332 e. The summed E-state index contributed by atoms with van der Waals surface area (Å²) in [7, 11) is 1.45. The Morgan fingerprint density at radius 2 is 1.70 bits per heavy atom. The molecule has 226 valence electrons. The maximum absolute atomic E-state index is 13.5. The summed E-state index contributed by atoms with van der Waals surface area (Å²) in [5, 5.41) is 2.60. The summed E-state index contributed by atoms with van der Waals surface area (Å²) in [5.41, 5.74) is 2.40. The molecule has 3 aromatic rings. The summed E-state index contributed by atoms with van der Waals surface area (Å²) in [6.45, 7) is 7.19. The number of carbonyl (C=O) groups excluding carboxylic acids is 3. The van der Waals surface area contributed by atoms with Crippen molar-refractivity contribution in [3.8, 4) is 11.5 Å². The van der Waals surface area contributed by atoms with Crippen LogP contribution in [0.5, 0.6) is 11.5 Å². The molecule has 0 unspecified atom stereocenters. The van der Waals surface area contributed by atoms with E-state index in [1.165, 1.54) is 13.3 Å². The van der Waals surface area contributed by atoms with Crippen molar-refractivity contribution in [3.63, 3.8) is 0 Å². The van der Waals surface area contributed by atoms with Crippen molar-refractivity contribution in [2.24, 2.45) is 5.92 Å². The number of carbonyl (C=O) groups is 3. The summed E-state index contributed by atoms with van der Waals surface area (Å²) in [4.78, 5) is 44.4. The Bertz CT molecular complexity index is 1410. The first-order valence-electron chi connectivity index (χ1n) is 13.9. The standard InChI is InChI=1S/C33H36N2O8/c1-21(2)18-40-29-22(3)43-33(38)26(20-42-32(37)25(29)17-23-11-7-5-8-12-23)35-31(36)28-30(27(39-4)15-16-34-28)41-19-24-13-9-6-10-14-24/h5-16,22,25-26,29H,1,17-20H2,2-4H3,(H,35,36)/t22-,25+,26-,29-/m0/s1. The van der Waals surface area contributed by atoms with Crippen molar-refractivity contribution in [1.29, 1.82) is 0 Å². The van der Waals surface area contributed by atoms with Crippen molar-refractivity contribution in [3.05, 3.63) is 102 Å². The van der Waals surface area contributed by atoms with Gasteiger partial charge in [0, 0.05) is 12.3 Å². The second-order valence-corrected chi connectivity index (χ2v) is 10.3. The summed E-state index contributed by atoms with van der Waals surface area (Å²) in [6, 6.07) is 19.1. The Morgan fingerprint density at radius 3 is 2.35 bits per heavy atom. The number of aromatic nitrogens is 1. The highest BCUT2D eigenvalue weighted by Crippen LogP contribution is 2.31. The van der Waals surface area contributed by atoms with Crippen molar-refractivity contribution >= 4 is 17.8 Å². The number of rotatable bonds is 11. The van der Waals surface area contributed by atoms with Gasteiger partial charge in [-0.05, 0) is 31.4 Å². The number of benzene rings is 2. The highest BCUT2D eigenvalue weighted by atomic mass is 16.6. The van der Waals surface area contributed by atoms with Gasteiger partial charge in [0.05, 0.1) is 19.6 Å².